The number of halogens is 2. The van der Waals surface area contributed by atoms with Crippen molar-refractivity contribution >= 4 is 29.2 Å². The van der Waals surface area contributed by atoms with Crippen molar-refractivity contribution in [2.75, 3.05) is 0 Å². The van der Waals surface area contributed by atoms with Crippen molar-refractivity contribution in [3.05, 3.63) is 57.6 Å². The fourth-order valence-corrected chi connectivity index (χ4v) is 2.06. The van der Waals surface area contributed by atoms with E-state index in [-0.39, 0.29) is 16.3 Å². The van der Waals surface area contributed by atoms with Crippen LogP contribution in [0, 0.1) is 6.92 Å². The van der Waals surface area contributed by atoms with E-state index in [0.717, 1.165) is 5.56 Å². The van der Waals surface area contributed by atoms with Gasteiger partial charge in [-0.05, 0) is 42.8 Å². The van der Waals surface area contributed by atoms with Gasteiger partial charge in [0.1, 0.15) is 11.3 Å². The third-order valence-electron chi connectivity index (χ3n) is 2.55. The molecule has 0 aromatic heterocycles. The smallest absolute Gasteiger partial charge is 0.339 e. The molecule has 0 aliphatic heterocycles. The third kappa shape index (κ3) is 3.00. The summed E-state index contributed by atoms with van der Waals surface area (Å²) in [4.78, 5) is 11.1. The summed E-state index contributed by atoms with van der Waals surface area (Å²) in [5, 5.41) is 9.95. The van der Waals surface area contributed by atoms with Gasteiger partial charge in [-0.1, -0.05) is 29.3 Å². The Bertz CT molecular complexity index is 639. The molecule has 0 saturated carbocycles. The minimum absolute atomic E-state index is 0.0156. The number of ether oxygens (including phenoxy) is 1. The molecule has 0 unspecified atom stereocenters. The van der Waals surface area contributed by atoms with E-state index in [9.17, 15) is 4.79 Å². The molecule has 0 bridgehead atoms. The average molecular weight is 297 g/mol. The molecule has 98 valence electrons. The Balaban J connectivity index is 2.46. The minimum Gasteiger partial charge on any atom is -0.478 e. The molecule has 0 atom stereocenters. The van der Waals surface area contributed by atoms with Crippen molar-refractivity contribution in [1.82, 2.24) is 0 Å². The molecule has 0 aliphatic carbocycles. The Morgan fingerprint density at radius 2 is 1.95 bits per heavy atom. The monoisotopic (exact) mass is 296 g/mol. The highest BCUT2D eigenvalue weighted by Crippen LogP contribution is 2.35. The minimum atomic E-state index is -1.09. The number of hydrogen-bond donors (Lipinski definition) is 1. The lowest BCUT2D eigenvalue weighted by Crippen LogP contribution is -2.01. The normalized spacial score (nSPS) is 10.3. The number of carboxylic acid groups (broad SMARTS) is 1. The predicted molar refractivity (Wildman–Crippen MR) is 74.7 cm³/mol. The van der Waals surface area contributed by atoms with Crippen LogP contribution in [0.25, 0.3) is 0 Å². The summed E-state index contributed by atoms with van der Waals surface area (Å²) < 4.78 is 5.62. The van der Waals surface area contributed by atoms with Crippen LogP contribution >= 0.6 is 23.2 Å². The second-order valence-electron chi connectivity index (χ2n) is 3.93. The van der Waals surface area contributed by atoms with Gasteiger partial charge >= 0.3 is 5.97 Å². The predicted octanol–water partition coefficient (Wildman–Crippen LogP) is 4.79. The van der Waals surface area contributed by atoms with Crippen molar-refractivity contribution in [3.63, 3.8) is 0 Å². The highest BCUT2D eigenvalue weighted by molar-refractivity contribution is 6.32. The Kier molecular flexibility index (Phi) is 3.98. The number of aromatic carboxylic acids is 1. The van der Waals surface area contributed by atoms with Crippen LogP contribution in [0.15, 0.2) is 36.4 Å². The number of benzene rings is 2. The van der Waals surface area contributed by atoms with Crippen LogP contribution in [-0.2, 0) is 0 Å². The van der Waals surface area contributed by atoms with Gasteiger partial charge in [0.05, 0.1) is 5.02 Å². The summed E-state index contributed by atoms with van der Waals surface area (Å²) >= 11 is 11.8. The van der Waals surface area contributed by atoms with E-state index in [1.54, 1.807) is 30.3 Å². The molecule has 0 amide bonds. The second-order valence-corrected chi connectivity index (χ2v) is 4.78. The molecular weight excluding hydrogens is 287 g/mol. The van der Waals surface area contributed by atoms with Crippen molar-refractivity contribution in [2.45, 2.75) is 6.92 Å². The zero-order valence-electron chi connectivity index (χ0n) is 9.98. The van der Waals surface area contributed by atoms with Gasteiger partial charge in [-0.3, -0.25) is 0 Å². The molecule has 19 heavy (non-hydrogen) atoms. The molecule has 2 aromatic rings. The summed E-state index contributed by atoms with van der Waals surface area (Å²) in [6, 6.07) is 9.65. The summed E-state index contributed by atoms with van der Waals surface area (Å²) in [7, 11) is 0. The van der Waals surface area contributed by atoms with E-state index in [2.05, 4.69) is 0 Å². The first-order valence-electron chi connectivity index (χ1n) is 5.45. The molecule has 0 spiro atoms. The first-order chi connectivity index (χ1) is 8.99. The SMILES string of the molecule is Cc1cc(Cl)ccc1Oc1c(Cl)cccc1C(=O)O. The first-order valence-corrected chi connectivity index (χ1v) is 6.20. The number of carbonyl (C=O) groups is 1. The fourth-order valence-electron chi connectivity index (χ4n) is 1.62. The Hall–Kier alpha value is -1.71. The van der Waals surface area contributed by atoms with Crippen LogP contribution < -0.4 is 4.74 Å². The topological polar surface area (TPSA) is 46.5 Å². The maximum atomic E-state index is 11.1. The molecule has 5 heteroatoms. The van der Waals surface area contributed by atoms with Gasteiger partial charge < -0.3 is 9.84 Å². The average Bonchev–Trinajstić information content (AvgIpc) is 2.34. The molecular formula is C14H10Cl2O3. The standard InChI is InChI=1S/C14H10Cl2O3/c1-8-7-9(15)5-6-12(8)19-13-10(14(17)18)3-2-4-11(13)16/h2-7H,1H3,(H,17,18). The van der Waals surface area contributed by atoms with Crippen LogP contribution in [0.1, 0.15) is 15.9 Å². The lowest BCUT2D eigenvalue weighted by molar-refractivity contribution is 0.0694. The lowest BCUT2D eigenvalue weighted by Gasteiger charge is -2.12. The second kappa shape index (κ2) is 5.51. The van der Waals surface area contributed by atoms with Gasteiger partial charge in [0.15, 0.2) is 5.75 Å². The maximum Gasteiger partial charge on any atom is 0.339 e. The first kappa shape index (κ1) is 13.7. The van der Waals surface area contributed by atoms with E-state index in [4.69, 9.17) is 33.0 Å². The highest BCUT2D eigenvalue weighted by atomic mass is 35.5. The fraction of sp³-hybridized carbons (Fsp3) is 0.0714. The molecule has 0 aliphatic rings. The zero-order valence-corrected chi connectivity index (χ0v) is 11.5. The van der Waals surface area contributed by atoms with E-state index in [1.165, 1.54) is 6.07 Å². The van der Waals surface area contributed by atoms with Crippen LogP contribution in [-0.4, -0.2) is 11.1 Å². The van der Waals surface area contributed by atoms with Gasteiger partial charge in [0.25, 0.3) is 0 Å². The highest BCUT2D eigenvalue weighted by Gasteiger charge is 2.16. The maximum absolute atomic E-state index is 11.1. The van der Waals surface area contributed by atoms with E-state index in [0.29, 0.717) is 10.8 Å². The number of hydrogen-bond acceptors (Lipinski definition) is 2. The van der Waals surface area contributed by atoms with Gasteiger partial charge in [0.2, 0.25) is 0 Å². The van der Waals surface area contributed by atoms with Crippen LogP contribution in [0.5, 0.6) is 11.5 Å². The Labute approximate surface area is 120 Å². The summed E-state index contributed by atoms with van der Waals surface area (Å²) in [6.45, 7) is 1.82. The summed E-state index contributed by atoms with van der Waals surface area (Å²) in [6.07, 6.45) is 0. The number of aryl methyl sites for hydroxylation is 1. The number of carboxylic acids is 1. The van der Waals surface area contributed by atoms with Crippen LogP contribution in [0.4, 0.5) is 0 Å². The zero-order chi connectivity index (χ0) is 14.0. The molecule has 0 saturated heterocycles. The quantitative estimate of drug-likeness (QED) is 0.885. The van der Waals surface area contributed by atoms with Crippen molar-refractivity contribution in [2.24, 2.45) is 0 Å². The van der Waals surface area contributed by atoms with Gasteiger partial charge in [-0.2, -0.15) is 0 Å². The number of para-hydroxylation sites is 1. The van der Waals surface area contributed by atoms with Crippen molar-refractivity contribution < 1.29 is 14.6 Å². The molecule has 2 aromatic carbocycles. The van der Waals surface area contributed by atoms with Crippen LogP contribution in [0.2, 0.25) is 10.0 Å². The Morgan fingerprint density at radius 3 is 2.58 bits per heavy atom. The largest absolute Gasteiger partial charge is 0.478 e. The number of rotatable bonds is 3. The van der Waals surface area contributed by atoms with E-state index in [1.807, 2.05) is 6.92 Å². The third-order valence-corrected chi connectivity index (χ3v) is 3.08. The molecule has 3 nitrogen and oxygen atoms in total. The lowest BCUT2D eigenvalue weighted by atomic mass is 10.2. The van der Waals surface area contributed by atoms with Crippen molar-refractivity contribution in [3.8, 4) is 11.5 Å². The van der Waals surface area contributed by atoms with Gasteiger partial charge in [-0.25, -0.2) is 4.79 Å². The molecule has 0 radical (unpaired) electrons. The molecule has 0 heterocycles. The van der Waals surface area contributed by atoms with Gasteiger partial charge in [0, 0.05) is 5.02 Å². The van der Waals surface area contributed by atoms with E-state index < -0.39 is 5.97 Å². The molecule has 2 rings (SSSR count). The van der Waals surface area contributed by atoms with Crippen LogP contribution in [0.3, 0.4) is 0 Å². The molecule has 0 fully saturated rings. The summed E-state index contributed by atoms with van der Waals surface area (Å²) in [5.41, 5.74) is 0.811. The van der Waals surface area contributed by atoms with Crippen molar-refractivity contribution in [1.29, 1.82) is 0 Å². The molecule has 1 N–H and O–H groups in total. The Morgan fingerprint density at radius 1 is 1.21 bits per heavy atom. The van der Waals surface area contributed by atoms with Gasteiger partial charge in [-0.15, -0.1) is 0 Å². The summed E-state index contributed by atoms with van der Waals surface area (Å²) in [5.74, 6) is -0.453. The van der Waals surface area contributed by atoms with E-state index >= 15 is 0 Å².